The molecule has 3 N–H and O–H groups in total. The van der Waals surface area contributed by atoms with Crippen molar-refractivity contribution in [3.8, 4) is 0 Å². The van der Waals surface area contributed by atoms with Gasteiger partial charge in [-0.1, -0.05) is 23.7 Å². The van der Waals surface area contributed by atoms with Crippen molar-refractivity contribution in [1.82, 2.24) is 4.90 Å². The summed E-state index contributed by atoms with van der Waals surface area (Å²) in [6.07, 6.45) is 3.89. The van der Waals surface area contributed by atoms with Gasteiger partial charge in [-0.2, -0.15) is 0 Å². The fourth-order valence-corrected chi connectivity index (χ4v) is 2.60. The Morgan fingerprint density at radius 3 is 2.58 bits per heavy atom. The second-order valence-electron chi connectivity index (χ2n) is 5.09. The smallest absolute Gasteiger partial charge is 0.321 e. The summed E-state index contributed by atoms with van der Waals surface area (Å²) in [4.78, 5) is 13.9. The van der Waals surface area contributed by atoms with Gasteiger partial charge in [0, 0.05) is 19.1 Å². The van der Waals surface area contributed by atoms with E-state index in [-0.39, 0.29) is 18.1 Å². The lowest BCUT2D eigenvalue weighted by atomic mass is 9.91. The molecule has 1 aromatic carbocycles. The van der Waals surface area contributed by atoms with Crippen molar-refractivity contribution in [2.24, 2.45) is 5.73 Å². The summed E-state index contributed by atoms with van der Waals surface area (Å²) in [6.45, 7) is 0. The minimum atomic E-state index is -0.117. The first-order valence-corrected chi connectivity index (χ1v) is 6.99. The van der Waals surface area contributed by atoms with E-state index in [0.29, 0.717) is 10.7 Å². The van der Waals surface area contributed by atoms with Crippen molar-refractivity contribution in [2.45, 2.75) is 37.8 Å². The first kappa shape index (κ1) is 14.2. The van der Waals surface area contributed by atoms with E-state index in [1.165, 1.54) is 0 Å². The van der Waals surface area contributed by atoms with Crippen LogP contribution in [0.2, 0.25) is 5.02 Å². The molecule has 5 heteroatoms. The molecule has 0 heterocycles. The van der Waals surface area contributed by atoms with Gasteiger partial charge in [-0.05, 0) is 37.8 Å². The lowest BCUT2D eigenvalue weighted by Gasteiger charge is -2.33. The molecule has 0 spiro atoms. The maximum Gasteiger partial charge on any atom is 0.321 e. The second-order valence-corrected chi connectivity index (χ2v) is 5.50. The molecule has 104 valence electrons. The summed E-state index contributed by atoms with van der Waals surface area (Å²) in [5.41, 5.74) is 6.53. The van der Waals surface area contributed by atoms with Gasteiger partial charge in [-0.25, -0.2) is 4.79 Å². The van der Waals surface area contributed by atoms with Crippen molar-refractivity contribution in [2.75, 3.05) is 12.4 Å². The number of nitrogens with one attached hydrogen (secondary N) is 1. The Balaban J connectivity index is 1.94. The van der Waals surface area contributed by atoms with E-state index < -0.39 is 0 Å². The summed E-state index contributed by atoms with van der Waals surface area (Å²) in [5.74, 6) is 0. The van der Waals surface area contributed by atoms with Gasteiger partial charge in [0.05, 0.1) is 10.7 Å². The quantitative estimate of drug-likeness (QED) is 0.875. The maximum absolute atomic E-state index is 12.2. The number of nitrogens with zero attached hydrogens (tertiary/aromatic N) is 1. The summed E-state index contributed by atoms with van der Waals surface area (Å²) < 4.78 is 0. The van der Waals surface area contributed by atoms with Crippen LogP contribution in [0, 0.1) is 0 Å². The molecule has 1 aromatic rings. The van der Waals surface area contributed by atoms with Crippen LogP contribution >= 0.6 is 11.6 Å². The van der Waals surface area contributed by atoms with Crippen LogP contribution < -0.4 is 11.1 Å². The van der Waals surface area contributed by atoms with Gasteiger partial charge in [-0.15, -0.1) is 0 Å². The third-order valence-corrected chi connectivity index (χ3v) is 4.05. The molecular weight excluding hydrogens is 262 g/mol. The highest BCUT2D eigenvalue weighted by molar-refractivity contribution is 6.33. The van der Waals surface area contributed by atoms with Gasteiger partial charge in [0.25, 0.3) is 0 Å². The van der Waals surface area contributed by atoms with Gasteiger partial charge in [0.1, 0.15) is 0 Å². The van der Waals surface area contributed by atoms with Crippen molar-refractivity contribution in [3.63, 3.8) is 0 Å². The molecule has 0 saturated heterocycles. The Labute approximate surface area is 118 Å². The first-order chi connectivity index (χ1) is 9.08. The molecule has 19 heavy (non-hydrogen) atoms. The third-order valence-electron chi connectivity index (χ3n) is 3.72. The molecule has 0 radical (unpaired) electrons. The molecule has 1 aliphatic rings. The Morgan fingerprint density at radius 1 is 1.32 bits per heavy atom. The molecule has 0 aliphatic heterocycles. The average molecular weight is 282 g/mol. The highest BCUT2D eigenvalue weighted by atomic mass is 35.5. The van der Waals surface area contributed by atoms with Crippen LogP contribution in [0.5, 0.6) is 0 Å². The fraction of sp³-hybridized carbons (Fsp3) is 0.500. The Kier molecular flexibility index (Phi) is 4.66. The van der Waals surface area contributed by atoms with E-state index in [0.717, 1.165) is 25.7 Å². The van der Waals surface area contributed by atoms with Crippen molar-refractivity contribution < 1.29 is 4.79 Å². The number of hydrogen-bond acceptors (Lipinski definition) is 2. The molecule has 1 saturated carbocycles. The lowest BCUT2D eigenvalue weighted by molar-refractivity contribution is 0.182. The SMILES string of the molecule is CN(C(=O)Nc1ccccc1Cl)C1CCC(N)CC1. The van der Waals surface area contributed by atoms with E-state index in [9.17, 15) is 4.79 Å². The van der Waals surface area contributed by atoms with Crippen molar-refractivity contribution in [3.05, 3.63) is 29.3 Å². The predicted molar refractivity (Wildman–Crippen MR) is 78.5 cm³/mol. The molecule has 1 aliphatic carbocycles. The van der Waals surface area contributed by atoms with Gasteiger partial charge in [0.2, 0.25) is 0 Å². The molecule has 0 bridgehead atoms. The van der Waals surface area contributed by atoms with Crippen LogP contribution in [0.15, 0.2) is 24.3 Å². The summed E-state index contributed by atoms with van der Waals surface area (Å²) in [5, 5.41) is 3.39. The lowest BCUT2D eigenvalue weighted by Crippen LogP contribution is -2.43. The van der Waals surface area contributed by atoms with Crippen LogP contribution in [-0.4, -0.2) is 30.1 Å². The van der Waals surface area contributed by atoms with Crippen LogP contribution in [0.3, 0.4) is 0 Å². The molecule has 0 atom stereocenters. The largest absolute Gasteiger partial charge is 0.328 e. The van der Waals surface area contributed by atoms with Crippen molar-refractivity contribution >= 4 is 23.3 Å². The molecule has 0 aromatic heterocycles. The Morgan fingerprint density at radius 2 is 1.95 bits per heavy atom. The second kappa shape index (κ2) is 6.26. The maximum atomic E-state index is 12.2. The van der Waals surface area contributed by atoms with Gasteiger partial charge in [-0.3, -0.25) is 0 Å². The number of halogens is 1. The Bertz CT molecular complexity index is 444. The number of para-hydroxylation sites is 1. The number of benzene rings is 1. The Hall–Kier alpha value is -1.26. The zero-order valence-electron chi connectivity index (χ0n) is 11.1. The van der Waals surface area contributed by atoms with E-state index in [4.69, 9.17) is 17.3 Å². The topological polar surface area (TPSA) is 58.4 Å². The zero-order valence-corrected chi connectivity index (χ0v) is 11.9. The number of urea groups is 1. The summed E-state index contributed by atoms with van der Waals surface area (Å²) >= 11 is 6.03. The number of hydrogen-bond donors (Lipinski definition) is 2. The van der Waals surface area contributed by atoms with E-state index in [2.05, 4.69) is 5.32 Å². The van der Waals surface area contributed by atoms with Crippen LogP contribution in [0.25, 0.3) is 0 Å². The molecule has 2 rings (SSSR count). The van der Waals surface area contributed by atoms with Gasteiger partial charge in [0.15, 0.2) is 0 Å². The fourth-order valence-electron chi connectivity index (χ4n) is 2.42. The number of nitrogens with two attached hydrogens (primary N) is 1. The van der Waals surface area contributed by atoms with E-state index in [1.54, 1.807) is 17.0 Å². The summed E-state index contributed by atoms with van der Waals surface area (Å²) in [7, 11) is 1.83. The van der Waals surface area contributed by atoms with Crippen molar-refractivity contribution in [1.29, 1.82) is 0 Å². The molecular formula is C14H20ClN3O. The number of carbonyl (C=O) groups excluding carboxylic acids is 1. The number of rotatable bonds is 2. The van der Waals surface area contributed by atoms with Gasteiger partial charge < -0.3 is 16.0 Å². The van der Waals surface area contributed by atoms with Crippen LogP contribution in [0.4, 0.5) is 10.5 Å². The van der Waals surface area contributed by atoms with E-state index in [1.807, 2.05) is 19.2 Å². The number of carbonyl (C=O) groups is 1. The third kappa shape index (κ3) is 3.61. The standard InChI is InChI=1S/C14H20ClN3O/c1-18(11-8-6-10(16)7-9-11)14(19)17-13-5-3-2-4-12(13)15/h2-5,10-11H,6-9,16H2,1H3,(H,17,19). The minimum Gasteiger partial charge on any atom is -0.328 e. The van der Waals surface area contributed by atoms with Gasteiger partial charge >= 0.3 is 6.03 Å². The van der Waals surface area contributed by atoms with Crippen LogP contribution in [-0.2, 0) is 0 Å². The van der Waals surface area contributed by atoms with Crippen LogP contribution in [0.1, 0.15) is 25.7 Å². The first-order valence-electron chi connectivity index (χ1n) is 6.62. The average Bonchev–Trinajstić information content (AvgIpc) is 2.41. The highest BCUT2D eigenvalue weighted by Gasteiger charge is 2.25. The minimum absolute atomic E-state index is 0.117. The number of amides is 2. The molecule has 0 unspecified atom stereocenters. The zero-order chi connectivity index (χ0) is 13.8. The molecule has 1 fully saturated rings. The number of anilines is 1. The summed E-state index contributed by atoms with van der Waals surface area (Å²) in [6, 6.07) is 7.68. The molecule has 4 nitrogen and oxygen atoms in total. The normalized spacial score (nSPS) is 22.9. The molecule has 2 amide bonds. The monoisotopic (exact) mass is 281 g/mol. The highest BCUT2D eigenvalue weighted by Crippen LogP contribution is 2.24. The van der Waals surface area contributed by atoms with E-state index >= 15 is 0 Å². The predicted octanol–water partition coefficient (Wildman–Crippen LogP) is 3.07.